The van der Waals surface area contributed by atoms with Crippen molar-refractivity contribution < 1.29 is 4.74 Å². The molecule has 0 saturated carbocycles. The van der Waals surface area contributed by atoms with Crippen LogP contribution in [-0.4, -0.2) is 14.8 Å². The third kappa shape index (κ3) is 3.20. The molecule has 21 heavy (non-hydrogen) atoms. The minimum atomic E-state index is 0.442. The molecule has 0 spiro atoms. The fourth-order valence-electron chi connectivity index (χ4n) is 2.02. The van der Waals surface area contributed by atoms with Crippen LogP contribution in [0.3, 0.4) is 0 Å². The van der Waals surface area contributed by atoms with Crippen molar-refractivity contribution in [2.24, 2.45) is 7.05 Å². The van der Waals surface area contributed by atoms with Gasteiger partial charge in [-0.05, 0) is 47.5 Å². The minimum Gasteiger partial charge on any atom is -0.489 e. The zero-order chi connectivity index (χ0) is 14.7. The number of hydrogen-bond donors (Lipinski definition) is 1. The van der Waals surface area contributed by atoms with Crippen molar-refractivity contribution in [1.29, 1.82) is 0 Å². The lowest BCUT2D eigenvalue weighted by Crippen LogP contribution is -1.98. The average molecular weight is 279 g/mol. The number of rotatable bonds is 4. The molecule has 1 aromatic carbocycles. The van der Waals surface area contributed by atoms with E-state index in [4.69, 9.17) is 10.5 Å². The van der Waals surface area contributed by atoms with Gasteiger partial charge in [-0.1, -0.05) is 0 Å². The number of nitrogen functional groups attached to an aromatic ring is 1. The van der Waals surface area contributed by atoms with E-state index in [0.29, 0.717) is 12.4 Å². The average Bonchev–Trinajstić information content (AvgIpc) is 2.92. The Hall–Kier alpha value is -2.82. The maximum atomic E-state index is 5.77. The second-order valence-corrected chi connectivity index (χ2v) is 4.74. The molecular weight excluding hydrogens is 264 g/mol. The van der Waals surface area contributed by atoms with E-state index in [1.54, 1.807) is 16.9 Å². The molecule has 0 fully saturated rings. The van der Waals surface area contributed by atoms with Crippen molar-refractivity contribution in [1.82, 2.24) is 14.8 Å². The molecule has 0 unspecified atom stereocenters. The second kappa shape index (κ2) is 5.66. The third-order valence-electron chi connectivity index (χ3n) is 3.05. The summed E-state index contributed by atoms with van der Waals surface area (Å²) in [4.78, 5) is 3.96. The van der Waals surface area contributed by atoms with Gasteiger partial charge in [0.15, 0.2) is 0 Å². The third-order valence-corrected chi connectivity index (χ3v) is 3.05. The van der Waals surface area contributed by atoms with Crippen LogP contribution in [0.2, 0.25) is 0 Å². The molecule has 0 bridgehead atoms. The molecule has 0 amide bonds. The van der Waals surface area contributed by atoms with Gasteiger partial charge in [-0.2, -0.15) is 5.10 Å². The quantitative estimate of drug-likeness (QED) is 0.796. The highest BCUT2D eigenvalue weighted by molar-refractivity contribution is 5.63. The molecular formula is C16H15N4O. The summed E-state index contributed by atoms with van der Waals surface area (Å²) in [5.74, 6) is 1.25. The monoisotopic (exact) mass is 279 g/mol. The lowest BCUT2D eigenvalue weighted by Gasteiger charge is -2.07. The van der Waals surface area contributed by atoms with Crippen LogP contribution in [-0.2, 0) is 13.7 Å². The van der Waals surface area contributed by atoms with Gasteiger partial charge in [-0.3, -0.25) is 4.68 Å². The van der Waals surface area contributed by atoms with Gasteiger partial charge in [0.05, 0.1) is 6.20 Å². The summed E-state index contributed by atoms with van der Waals surface area (Å²) in [6, 6.07) is 12.5. The van der Waals surface area contributed by atoms with E-state index in [2.05, 4.69) is 16.1 Å². The molecule has 3 aromatic rings. The molecule has 5 heteroatoms. The number of aryl methyl sites for hydroxylation is 1. The van der Waals surface area contributed by atoms with Crippen molar-refractivity contribution in [2.45, 2.75) is 6.61 Å². The molecule has 0 aliphatic carbocycles. The smallest absolute Gasteiger partial charge is 0.123 e. The number of anilines is 1. The predicted molar refractivity (Wildman–Crippen MR) is 80.5 cm³/mol. The topological polar surface area (TPSA) is 66.0 Å². The maximum absolute atomic E-state index is 5.77. The summed E-state index contributed by atoms with van der Waals surface area (Å²) in [7, 11) is 1.89. The molecule has 1 radical (unpaired) electrons. The van der Waals surface area contributed by atoms with Crippen LogP contribution in [0, 0.1) is 6.07 Å². The number of benzene rings is 1. The van der Waals surface area contributed by atoms with E-state index in [1.807, 2.05) is 43.7 Å². The standard InChI is InChI=1S/C16H15N4O/c1-20-10-14(9-19-20)13-3-2-4-15(8-13)21-11-12-5-6-18-16(17)7-12/h3-10H,11H2,1H3,(H2,17,18). The summed E-state index contributed by atoms with van der Waals surface area (Å²) < 4.78 is 7.54. The zero-order valence-corrected chi connectivity index (χ0v) is 11.7. The molecule has 105 valence electrons. The first-order valence-corrected chi connectivity index (χ1v) is 6.54. The highest BCUT2D eigenvalue weighted by Gasteiger charge is 2.03. The Labute approximate surface area is 123 Å². The molecule has 0 aliphatic heterocycles. The van der Waals surface area contributed by atoms with E-state index >= 15 is 0 Å². The molecule has 2 aromatic heterocycles. The first-order valence-electron chi connectivity index (χ1n) is 6.54. The fraction of sp³-hybridized carbons (Fsp3) is 0.125. The summed E-state index contributed by atoms with van der Waals surface area (Å²) >= 11 is 0. The van der Waals surface area contributed by atoms with E-state index in [-0.39, 0.29) is 0 Å². The van der Waals surface area contributed by atoms with Crippen molar-refractivity contribution in [2.75, 3.05) is 5.73 Å². The SMILES string of the molecule is Cn1cc(-c2c[c]cc(OCc3ccnc(N)c3)c2)cn1. The number of nitrogens with two attached hydrogens (primary N) is 1. The molecule has 0 saturated heterocycles. The van der Waals surface area contributed by atoms with Gasteiger partial charge < -0.3 is 10.5 Å². The first-order chi connectivity index (χ1) is 10.2. The van der Waals surface area contributed by atoms with Crippen LogP contribution >= 0.6 is 0 Å². The van der Waals surface area contributed by atoms with Gasteiger partial charge in [-0.15, -0.1) is 0 Å². The van der Waals surface area contributed by atoms with E-state index in [1.165, 1.54) is 0 Å². The number of pyridine rings is 1. The van der Waals surface area contributed by atoms with E-state index in [9.17, 15) is 0 Å². The molecule has 0 atom stereocenters. The lowest BCUT2D eigenvalue weighted by atomic mass is 10.1. The largest absolute Gasteiger partial charge is 0.489 e. The number of nitrogens with zero attached hydrogens (tertiary/aromatic N) is 3. The van der Waals surface area contributed by atoms with Gasteiger partial charge in [0.2, 0.25) is 0 Å². The van der Waals surface area contributed by atoms with Crippen LogP contribution < -0.4 is 10.5 Å². The Balaban J connectivity index is 1.74. The van der Waals surface area contributed by atoms with E-state index < -0.39 is 0 Å². The summed E-state index contributed by atoms with van der Waals surface area (Å²) in [6.45, 7) is 0.442. The predicted octanol–water partition coefficient (Wildman–Crippen LogP) is 2.44. The summed E-state index contributed by atoms with van der Waals surface area (Å²) in [5.41, 5.74) is 8.69. The molecule has 2 N–H and O–H groups in total. The Morgan fingerprint density at radius 3 is 2.95 bits per heavy atom. The summed E-state index contributed by atoms with van der Waals surface area (Å²) in [6.07, 6.45) is 5.44. The van der Waals surface area contributed by atoms with Gasteiger partial charge in [0.1, 0.15) is 18.2 Å². The van der Waals surface area contributed by atoms with Crippen molar-refractivity contribution >= 4 is 5.82 Å². The Morgan fingerprint density at radius 1 is 1.29 bits per heavy atom. The molecule has 3 rings (SSSR count). The molecule has 0 aliphatic rings. The zero-order valence-electron chi connectivity index (χ0n) is 11.7. The Morgan fingerprint density at radius 2 is 2.19 bits per heavy atom. The van der Waals surface area contributed by atoms with Gasteiger partial charge in [-0.25, -0.2) is 4.98 Å². The van der Waals surface area contributed by atoms with Crippen LogP contribution in [0.15, 0.2) is 48.9 Å². The maximum Gasteiger partial charge on any atom is 0.123 e. The van der Waals surface area contributed by atoms with Crippen LogP contribution in [0.5, 0.6) is 5.75 Å². The van der Waals surface area contributed by atoms with Gasteiger partial charge >= 0.3 is 0 Å². The molecule has 2 heterocycles. The summed E-state index contributed by atoms with van der Waals surface area (Å²) in [5, 5.41) is 4.17. The Bertz CT molecular complexity index is 751. The van der Waals surface area contributed by atoms with E-state index in [0.717, 1.165) is 22.4 Å². The molecule has 5 nitrogen and oxygen atoms in total. The highest BCUT2D eigenvalue weighted by Crippen LogP contribution is 2.23. The van der Waals surface area contributed by atoms with Crippen molar-refractivity contribution in [3.05, 3.63) is 60.6 Å². The van der Waals surface area contributed by atoms with Gasteiger partial charge in [0.25, 0.3) is 0 Å². The van der Waals surface area contributed by atoms with Crippen LogP contribution in [0.1, 0.15) is 5.56 Å². The van der Waals surface area contributed by atoms with Crippen molar-refractivity contribution in [3.8, 4) is 16.9 Å². The number of ether oxygens (including phenoxy) is 1. The lowest BCUT2D eigenvalue weighted by molar-refractivity contribution is 0.306. The highest BCUT2D eigenvalue weighted by atomic mass is 16.5. The minimum absolute atomic E-state index is 0.442. The number of hydrogen-bond acceptors (Lipinski definition) is 4. The first kappa shape index (κ1) is 13.2. The second-order valence-electron chi connectivity index (χ2n) is 4.74. The number of aromatic nitrogens is 3. The normalized spacial score (nSPS) is 10.5. The van der Waals surface area contributed by atoms with Crippen LogP contribution in [0.4, 0.5) is 5.82 Å². The van der Waals surface area contributed by atoms with Crippen molar-refractivity contribution in [3.63, 3.8) is 0 Å². The fourth-order valence-corrected chi connectivity index (χ4v) is 2.02. The van der Waals surface area contributed by atoms with Crippen LogP contribution in [0.25, 0.3) is 11.1 Å². The van der Waals surface area contributed by atoms with Gasteiger partial charge in [0, 0.05) is 25.0 Å². The Kier molecular flexibility index (Phi) is 3.55.